The van der Waals surface area contributed by atoms with Crippen LogP contribution in [-0.2, 0) is 0 Å². The van der Waals surface area contributed by atoms with Gasteiger partial charge in [0.2, 0.25) is 0 Å². The van der Waals surface area contributed by atoms with Crippen LogP contribution in [0.2, 0.25) is 0 Å². The Balaban J connectivity index is 1.96. The van der Waals surface area contributed by atoms with Gasteiger partial charge in [-0.25, -0.2) is 0 Å². The summed E-state index contributed by atoms with van der Waals surface area (Å²) < 4.78 is 0. The van der Waals surface area contributed by atoms with Crippen LogP contribution in [0.3, 0.4) is 0 Å². The van der Waals surface area contributed by atoms with Crippen molar-refractivity contribution in [3.63, 3.8) is 0 Å². The lowest BCUT2D eigenvalue weighted by Gasteiger charge is -2.07. The summed E-state index contributed by atoms with van der Waals surface area (Å²) in [6.45, 7) is 5.77. The Bertz CT molecular complexity index is 97.4. The summed E-state index contributed by atoms with van der Waals surface area (Å²) in [5.41, 5.74) is 0. The van der Waals surface area contributed by atoms with E-state index in [0.717, 1.165) is 18.3 Å². The van der Waals surface area contributed by atoms with Gasteiger partial charge >= 0.3 is 0 Å². The quantitative estimate of drug-likeness (QED) is 0.492. The van der Waals surface area contributed by atoms with Crippen molar-refractivity contribution in [2.45, 2.75) is 18.1 Å². The van der Waals surface area contributed by atoms with Crippen LogP contribution in [0.5, 0.6) is 0 Å². The highest BCUT2D eigenvalue weighted by molar-refractivity contribution is 8.00. The molecule has 10 heavy (non-hydrogen) atoms. The van der Waals surface area contributed by atoms with Crippen LogP contribution in [0, 0.1) is 0 Å². The molecule has 0 bridgehead atoms. The number of hydrogen-bond donors (Lipinski definition) is 1. The molecule has 1 aliphatic heterocycles. The molecular weight excluding hydrogens is 142 g/mol. The van der Waals surface area contributed by atoms with Gasteiger partial charge in [-0.15, -0.1) is 6.58 Å². The fourth-order valence-corrected chi connectivity index (χ4v) is 2.39. The molecule has 0 aromatic heterocycles. The van der Waals surface area contributed by atoms with Crippen molar-refractivity contribution in [1.29, 1.82) is 0 Å². The highest BCUT2D eigenvalue weighted by Crippen LogP contribution is 2.24. The van der Waals surface area contributed by atoms with Crippen LogP contribution in [0.25, 0.3) is 0 Å². The molecule has 1 nitrogen and oxygen atoms in total. The zero-order chi connectivity index (χ0) is 7.23. The van der Waals surface area contributed by atoms with E-state index >= 15 is 0 Å². The average Bonchev–Trinajstić information content (AvgIpc) is 2.41. The summed E-state index contributed by atoms with van der Waals surface area (Å²) in [5, 5.41) is 4.21. The van der Waals surface area contributed by atoms with Crippen molar-refractivity contribution in [2.24, 2.45) is 0 Å². The number of thioether (sulfide) groups is 1. The lowest BCUT2D eigenvalue weighted by Crippen LogP contribution is -2.22. The number of hydrogen-bond acceptors (Lipinski definition) is 2. The topological polar surface area (TPSA) is 12.0 Å². The van der Waals surface area contributed by atoms with Gasteiger partial charge in [0, 0.05) is 18.3 Å². The van der Waals surface area contributed by atoms with Gasteiger partial charge in [0.05, 0.1) is 0 Å². The van der Waals surface area contributed by atoms with E-state index in [-0.39, 0.29) is 0 Å². The van der Waals surface area contributed by atoms with Gasteiger partial charge in [0.15, 0.2) is 0 Å². The van der Waals surface area contributed by atoms with E-state index in [0.29, 0.717) is 0 Å². The minimum Gasteiger partial charge on any atom is -0.312 e. The Kier molecular flexibility index (Phi) is 3.91. The highest BCUT2D eigenvalue weighted by atomic mass is 32.2. The molecule has 0 aromatic carbocycles. The summed E-state index contributed by atoms with van der Waals surface area (Å²) in [4.78, 5) is 0. The Morgan fingerprint density at radius 2 is 2.60 bits per heavy atom. The maximum Gasteiger partial charge on any atom is 0.0172 e. The van der Waals surface area contributed by atoms with Crippen molar-refractivity contribution >= 4 is 11.8 Å². The third-order valence-corrected chi connectivity index (χ3v) is 3.08. The van der Waals surface area contributed by atoms with Crippen LogP contribution >= 0.6 is 11.8 Å². The first-order valence-corrected chi connectivity index (χ1v) is 4.91. The second kappa shape index (κ2) is 4.80. The van der Waals surface area contributed by atoms with Crippen LogP contribution in [0.15, 0.2) is 12.7 Å². The van der Waals surface area contributed by atoms with Crippen molar-refractivity contribution in [2.75, 3.05) is 18.8 Å². The van der Waals surface area contributed by atoms with E-state index in [1.807, 2.05) is 6.08 Å². The van der Waals surface area contributed by atoms with Crippen molar-refractivity contribution in [3.8, 4) is 0 Å². The molecule has 2 heteroatoms. The van der Waals surface area contributed by atoms with Crippen LogP contribution < -0.4 is 5.32 Å². The Morgan fingerprint density at radius 3 is 3.20 bits per heavy atom. The van der Waals surface area contributed by atoms with E-state index in [1.165, 1.54) is 18.6 Å². The molecule has 0 radical (unpaired) electrons. The summed E-state index contributed by atoms with van der Waals surface area (Å²) in [6.07, 6.45) is 4.72. The summed E-state index contributed by atoms with van der Waals surface area (Å²) in [6, 6.07) is 0. The first kappa shape index (κ1) is 8.15. The van der Waals surface area contributed by atoms with Crippen molar-refractivity contribution in [3.05, 3.63) is 12.7 Å². The van der Waals surface area contributed by atoms with Gasteiger partial charge in [0.1, 0.15) is 0 Å². The molecule has 1 unspecified atom stereocenters. The molecule has 1 aliphatic rings. The highest BCUT2D eigenvalue weighted by Gasteiger charge is 2.13. The normalized spacial score (nSPS) is 25.0. The SMILES string of the molecule is C=CCNCC1CCCS1. The molecule has 1 atom stereocenters. The van der Waals surface area contributed by atoms with Crippen LogP contribution in [0.1, 0.15) is 12.8 Å². The molecule has 0 amide bonds. The van der Waals surface area contributed by atoms with Crippen LogP contribution in [0.4, 0.5) is 0 Å². The fraction of sp³-hybridized carbons (Fsp3) is 0.750. The third kappa shape index (κ3) is 2.76. The summed E-state index contributed by atoms with van der Waals surface area (Å²) in [5.74, 6) is 1.36. The second-order valence-corrected chi connectivity index (χ2v) is 3.99. The minimum absolute atomic E-state index is 0.875. The average molecular weight is 157 g/mol. The van der Waals surface area contributed by atoms with Gasteiger partial charge in [-0.05, 0) is 18.6 Å². The largest absolute Gasteiger partial charge is 0.312 e. The first-order chi connectivity index (χ1) is 4.93. The Hall–Kier alpha value is 0.0500. The van der Waals surface area contributed by atoms with Gasteiger partial charge in [-0.1, -0.05) is 6.08 Å². The Labute approximate surface area is 67.3 Å². The molecule has 0 spiro atoms. The predicted molar refractivity (Wildman–Crippen MR) is 48.5 cm³/mol. The van der Waals surface area contributed by atoms with Gasteiger partial charge in [0.25, 0.3) is 0 Å². The monoisotopic (exact) mass is 157 g/mol. The molecule has 0 aromatic rings. The molecular formula is C8H15NS. The van der Waals surface area contributed by atoms with E-state index in [1.54, 1.807) is 0 Å². The molecule has 58 valence electrons. The molecule has 0 saturated carbocycles. The molecule has 1 rings (SSSR count). The van der Waals surface area contributed by atoms with Gasteiger partial charge in [-0.3, -0.25) is 0 Å². The lowest BCUT2D eigenvalue weighted by molar-refractivity contribution is 0.684. The van der Waals surface area contributed by atoms with E-state index in [9.17, 15) is 0 Å². The van der Waals surface area contributed by atoms with Gasteiger partial charge in [-0.2, -0.15) is 11.8 Å². The molecule has 1 saturated heterocycles. The summed E-state index contributed by atoms with van der Waals surface area (Å²) >= 11 is 2.10. The second-order valence-electron chi connectivity index (χ2n) is 2.58. The molecule has 0 aliphatic carbocycles. The molecule has 1 heterocycles. The smallest absolute Gasteiger partial charge is 0.0172 e. The Morgan fingerprint density at radius 1 is 1.70 bits per heavy atom. The first-order valence-electron chi connectivity index (χ1n) is 3.86. The lowest BCUT2D eigenvalue weighted by atomic mass is 10.2. The predicted octanol–water partition coefficient (Wildman–Crippen LogP) is 1.66. The zero-order valence-electron chi connectivity index (χ0n) is 6.31. The molecule has 1 fully saturated rings. The van der Waals surface area contributed by atoms with E-state index in [4.69, 9.17) is 0 Å². The van der Waals surface area contributed by atoms with Gasteiger partial charge < -0.3 is 5.32 Å². The number of rotatable bonds is 4. The minimum atomic E-state index is 0.875. The van der Waals surface area contributed by atoms with E-state index in [2.05, 4.69) is 23.7 Å². The van der Waals surface area contributed by atoms with Crippen molar-refractivity contribution < 1.29 is 0 Å². The van der Waals surface area contributed by atoms with Crippen LogP contribution in [-0.4, -0.2) is 24.1 Å². The van der Waals surface area contributed by atoms with E-state index < -0.39 is 0 Å². The summed E-state index contributed by atoms with van der Waals surface area (Å²) in [7, 11) is 0. The third-order valence-electron chi connectivity index (χ3n) is 1.68. The maximum absolute atomic E-state index is 3.66. The molecule has 1 N–H and O–H groups in total. The fourth-order valence-electron chi connectivity index (χ4n) is 1.15. The maximum atomic E-state index is 3.66. The standard InChI is InChI=1S/C8H15NS/c1-2-5-9-7-8-4-3-6-10-8/h2,8-9H,1,3-7H2. The zero-order valence-corrected chi connectivity index (χ0v) is 7.12. The van der Waals surface area contributed by atoms with Crippen molar-refractivity contribution in [1.82, 2.24) is 5.32 Å². The number of nitrogens with one attached hydrogen (secondary N) is 1.